The number of nitrogens with one attached hydrogen (secondary N) is 1. The molecular weight excluding hydrogens is 210 g/mol. The fourth-order valence-corrected chi connectivity index (χ4v) is 1.17. The zero-order valence-electron chi connectivity index (χ0n) is 9.86. The molecule has 0 aliphatic heterocycles. The lowest BCUT2D eigenvalue weighted by molar-refractivity contribution is 0.104. The Balaban J connectivity index is 1.88. The summed E-state index contributed by atoms with van der Waals surface area (Å²) < 4.78 is 15.1. The standard InChI is InChI=1S/C10H19N3O3/c1-9-12-10(13-16-9)8-11-4-7-15-6-3-5-14-2/h11H,3-8H2,1-2H3. The van der Waals surface area contributed by atoms with Crippen molar-refractivity contribution >= 4 is 0 Å². The van der Waals surface area contributed by atoms with Crippen molar-refractivity contribution < 1.29 is 14.0 Å². The van der Waals surface area contributed by atoms with E-state index >= 15 is 0 Å². The Labute approximate surface area is 95.3 Å². The molecule has 0 amide bonds. The summed E-state index contributed by atoms with van der Waals surface area (Å²) in [5.41, 5.74) is 0. The largest absolute Gasteiger partial charge is 0.385 e. The van der Waals surface area contributed by atoms with Gasteiger partial charge >= 0.3 is 0 Å². The number of hydrogen-bond donors (Lipinski definition) is 1. The van der Waals surface area contributed by atoms with Gasteiger partial charge in [0.2, 0.25) is 5.89 Å². The van der Waals surface area contributed by atoms with E-state index in [1.165, 1.54) is 0 Å². The Bertz CT molecular complexity index is 278. The molecule has 0 aromatic carbocycles. The van der Waals surface area contributed by atoms with Crippen LogP contribution in [0.15, 0.2) is 4.52 Å². The third kappa shape index (κ3) is 5.79. The second-order valence-electron chi connectivity index (χ2n) is 3.37. The highest BCUT2D eigenvalue weighted by Gasteiger charge is 2.00. The topological polar surface area (TPSA) is 69.4 Å². The van der Waals surface area contributed by atoms with E-state index in [-0.39, 0.29) is 0 Å². The fourth-order valence-electron chi connectivity index (χ4n) is 1.17. The maximum Gasteiger partial charge on any atom is 0.223 e. The van der Waals surface area contributed by atoms with Gasteiger partial charge in [0, 0.05) is 33.8 Å². The molecule has 6 heteroatoms. The van der Waals surface area contributed by atoms with E-state index in [0.717, 1.165) is 26.2 Å². The molecular formula is C10H19N3O3. The van der Waals surface area contributed by atoms with Crippen molar-refractivity contribution in [2.75, 3.05) is 33.5 Å². The molecule has 6 nitrogen and oxygen atoms in total. The van der Waals surface area contributed by atoms with Crippen molar-refractivity contribution in [1.82, 2.24) is 15.5 Å². The molecule has 0 saturated heterocycles. The quantitative estimate of drug-likeness (QED) is 0.623. The van der Waals surface area contributed by atoms with Crippen molar-refractivity contribution in [2.45, 2.75) is 19.9 Å². The molecule has 1 heterocycles. The first-order valence-electron chi connectivity index (χ1n) is 5.39. The van der Waals surface area contributed by atoms with Crippen LogP contribution >= 0.6 is 0 Å². The fraction of sp³-hybridized carbons (Fsp3) is 0.800. The molecule has 0 aliphatic rings. The molecule has 1 aromatic rings. The van der Waals surface area contributed by atoms with Crippen LogP contribution < -0.4 is 5.32 Å². The zero-order valence-corrected chi connectivity index (χ0v) is 9.86. The second-order valence-corrected chi connectivity index (χ2v) is 3.37. The summed E-state index contributed by atoms with van der Waals surface area (Å²) in [6.45, 7) is 5.32. The Morgan fingerprint density at radius 3 is 2.88 bits per heavy atom. The van der Waals surface area contributed by atoms with Crippen LogP contribution in [0.3, 0.4) is 0 Å². The minimum Gasteiger partial charge on any atom is -0.385 e. The van der Waals surface area contributed by atoms with E-state index in [0.29, 0.717) is 24.9 Å². The highest BCUT2D eigenvalue weighted by molar-refractivity contribution is 4.82. The van der Waals surface area contributed by atoms with Crippen molar-refractivity contribution in [1.29, 1.82) is 0 Å². The molecule has 0 unspecified atom stereocenters. The minimum atomic E-state index is 0.590. The maximum atomic E-state index is 5.37. The number of hydrogen-bond acceptors (Lipinski definition) is 6. The molecule has 0 aliphatic carbocycles. The van der Waals surface area contributed by atoms with Crippen LogP contribution in [0.5, 0.6) is 0 Å². The van der Waals surface area contributed by atoms with Gasteiger partial charge in [0.05, 0.1) is 13.2 Å². The molecule has 0 radical (unpaired) electrons. The number of methoxy groups -OCH3 is 1. The predicted octanol–water partition coefficient (Wildman–Crippen LogP) is 0.521. The van der Waals surface area contributed by atoms with Crippen LogP contribution in [0.4, 0.5) is 0 Å². The summed E-state index contributed by atoms with van der Waals surface area (Å²) in [4.78, 5) is 4.07. The zero-order chi connectivity index (χ0) is 11.6. The Hall–Kier alpha value is -0.980. The summed E-state index contributed by atoms with van der Waals surface area (Å²) >= 11 is 0. The third-order valence-corrected chi connectivity index (χ3v) is 1.91. The smallest absolute Gasteiger partial charge is 0.223 e. The number of ether oxygens (including phenoxy) is 2. The van der Waals surface area contributed by atoms with Gasteiger partial charge in [-0.2, -0.15) is 4.98 Å². The molecule has 0 fully saturated rings. The van der Waals surface area contributed by atoms with Crippen molar-refractivity contribution in [3.05, 3.63) is 11.7 Å². The van der Waals surface area contributed by atoms with Crippen LogP contribution in [0.2, 0.25) is 0 Å². The molecule has 0 atom stereocenters. The van der Waals surface area contributed by atoms with E-state index < -0.39 is 0 Å². The molecule has 1 rings (SSSR count). The maximum absolute atomic E-state index is 5.37. The van der Waals surface area contributed by atoms with Crippen LogP contribution in [-0.2, 0) is 16.0 Å². The molecule has 0 saturated carbocycles. The van der Waals surface area contributed by atoms with Crippen LogP contribution in [0.25, 0.3) is 0 Å². The first-order chi connectivity index (χ1) is 7.83. The van der Waals surface area contributed by atoms with Crippen molar-refractivity contribution in [3.63, 3.8) is 0 Å². The number of aryl methyl sites for hydroxylation is 1. The first-order valence-corrected chi connectivity index (χ1v) is 5.39. The normalized spacial score (nSPS) is 10.9. The van der Waals surface area contributed by atoms with Gasteiger partial charge in [-0.05, 0) is 6.42 Å². The van der Waals surface area contributed by atoms with E-state index in [4.69, 9.17) is 14.0 Å². The van der Waals surface area contributed by atoms with Gasteiger partial charge in [-0.1, -0.05) is 5.16 Å². The van der Waals surface area contributed by atoms with Gasteiger partial charge in [0.1, 0.15) is 0 Å². The Kier molecular flexibility index (Phi) is 6.71. The lowest BCUT2D eigenvalue weighted by Crippen LogP contribution is -2.20. The van der Waals surface area contributed by atoms with Crippen LogP contribution in [-0.4, -0.2) is 43.6 Å². The summed E-state index contributed by atoms with van der Waals surface area (Å²) in [6, 6.07) is 0. The highest BCUT2D eigenvalue weighted by atomic mass is 16.5. The van der Waals surface area contributed by atoms with Gasteiger partial charge in [-0.15, -0.1) is 0 Å². The number of nitrogens with zero attached hydrogens (tertiary/aromatic N) is 2. The lowest BCUT2D eigenvalue weighted by atomic mass is 10.5. The van der Waals surface area contributed by atoms with E-state index in [9.17, 15) is 0 Å². The molecule has 1 aromatic heterocycles. The molecule has 0 spiro atoms. The molecule has 92 valence electrons. The highest BCUT2D eigenvalue weighted by Crippen LogP contribution is 1.93. The van der Waals surface area contributed by atoms with Crippen LogP contribution in [0, 0.1) is 6.92 Å². The lowest BCUT2D eigenvalue weighted by Gasteiger charge is -2.04. The SMILES string of the molecule is COCCCOCCNCc1noc(C)n1. The van der Waals surface area contributed by atoms with E-state index in [1.54, 1.807) is 14.0 Å². The van der Waals surface area contributed by atoms with Crippen molar-refractivity contribution in [3.8, 4) is 0 Å². The Morgan fingerprint density at radius 2 is 2.19 bits per heavy atom. The average molecular weight is 229 g/mol. The molecule has 0 bridgehead atoms. The summed E-state index contributed by atoms with van der Waals surface area (Å²) in [7, 11) is 1.69. The summed E-state index contributed by atoms with van der Waals surface area (Å²) in [6.07, 6.45) is 0.931. The third-order valence-electron chi connectivity index (χ3n) is 1.91. The summed E-state index contributed by atoms with van der Waals surface area (Å²) in [5.74, 6) is 1.27. The molecule has 1 N–H and O–H groups in total. The van der Waals surface area contributed by atoms with Gasteiger partial charge in [-0.3, -0.25) is 0 Å². The number of aromatic nitrogens is 2. The Morgan fingerprint density at radius 1 is 1.31 bits per heavy atom. The van der Waals surface area contributed by atoms with E-state index in [1.807, 2.05) is 0 Å². The first kappa shape index (κ1) is 13.1. The second kappa shape index (κ2) is 8.20. The van der Waals surface area contributed by atoms with E-state index in [2.05, 4.69) is 15.5 Å². The minimum absolute atomic E-state index is 0.590. The molecule has 16 heavy (non-hydrogen) atoms. The van der Waals surface area contributed by atoms with Gasteiger partial charge < -0.3 is 19.3 Å². The van der Waals surface area contributed by atoms with Gasteiger partial charge in [0.15, 0.2) is 5.82 Å². The monoisotopic (exact) mass is 229 g/mol. The predicted molar refractivity (Wildman–Crippen MR) is 58.1 cm³/mol. The number of rotatable bonds is 9. The summed E-state index contributed by atoms with van der Waals surface area (Å²) in [5, 5.41) is 6.93. The van der Waals surface area contributed by atoms with Crippen molar-refractivity contribution in [2.24, 2.45) is 0 Å². The van der Waals surface area contributed by atoms with Gasteiger partial charge in [-0.25, -0.2) is 0 Å². The average Bonchev–Trinajstić information content (AvgIpc) is 2.68. The van der Waals surface area contributed by atoms with Gasteiger partial charge in [0.25, 0.3) is 0 Å². The van der Waals surface area contributed by atoms with Crippen LogP contribution in [0.1, 0.15) is 18.1 Å².